The lowest BCUT2D eigenvalue weighted by atomic mass is 10.1. The van der Waals surface area contributed by atoms with E-state index in [2.05, 4.69) is 15.5 Å². The number of aromatic amines is 1. The highest BCUT2D eigenvalue weighted by atomic mass is 35.5. The van der Waals surface area contributed by atoms with E-state index in [0.717, 1.165) is 11.4 Å². The fourth-order valence-corrected chi connectivity index (χ4v) is 3.05. The molecule has 3 rings (SSSR count). The zero-order valence-electron chi connectivity index (χ0n) is 13.5. The monoisotopic (exact) mass is 346 g/mol. The van der Waals surface area contributed by atoms with Crippen LogP contribution < -0.4 is 10.2 Å². The summed E-state index contributed by atoms with van der Waals surface area (Å²) in [6.45, 7) is 4.50. The molecule has 1 aliphatic heterocycles. The highest BCUT2D eigenvalue weighted by Crippen LogP contribution is 2.25. The third kappa shape index (κ3) is 3.14. The van der Waals surface area contributed by atoms with Crippen LogP contribution >= 0.6 is 11.6 Å². The number of H-pyrrole nitrogens is 1. The van der Waals surface area contributed by atoms with Crippen LogP contribution in [0.1, 0.15) is 42.2 Å². The molecule has 7 heteroatoms. The van der Waals surface area contributed by atoms with Gasteiger partial charge in [0.25, 0.3) is 5.91 Å². The number of carbonyl (C=O) groups is 2. The molecule has 0 saturated carbocycles. The lowest BCUT2D eigenvalue weighted by Gasteiger charge is -2.17. The Morgan fingerprint density at radius 3 is 2.96 bits per heavy atom. The number of carbonyl (C=O) groups excluding carboxylic acids is 2. The fourth-order valence-electron chi connectivity index (χ4n) is 2.87. The average molecular weight is 347 g/mol. The van der Waals surface area contributed by atoms with E-state index in [-0.39, 0.29) is 17.7 Å². The van der Waals surface area contributed by atoms with Crippen molar-refractivity contribution < 1.29 is 9.59 Å². The van der Waals surface area contributed by atoms with Crippen LogP contribution in [-0.2, 0) is 4.79 Å². The minimum absolute atomic E-state index is 0.125. The van der Waals surface area contributed by atoms with Gasteiger partial charge >= 0.3 is 0 Å². The van der Waals surface area contributed by atoms with Crippen molar-refractivity contribution in [1.29, 1.82) is 0 Å². The van der Waals surface area contributed by atoms with Gasteiger partial charge in [0.15, 0.2) is 0 Å². The molecule has 2 heterocycles. The highest BCUT2D eigenvalue weighted by Gasteiger charge is 2.34. The van der Waals surface area contributed by atoms with Crippen LogP contribution in [0, 0.1) is 0 Å². The Morgan fingerprint density at radius 2 is 2.25 bits per heavy atom. The van der Waals surface area contributed by atoms with Crippen LogP contribution in [0.3, 0.4) is 0 Å². The third-order valence-corrected chi connectivity index (χ3v) is 4.36. The van der Waals surface area contributed by atoms with Gasteiger partial charge in [-0.25, -0.2) is 0 Å². The molecule has 1 aromatic carbocycles. The Bertz CT molecular complexity index is 771. The summed E-state index contributed by atoms with van der Waals surface area (Å²) in [6.07, 6.45) is 2.06. The Balaban J connectivity index is 1.72. The Morgan fingerprint density at radius 1 is 1.46 bits per heavy atom. The van der Waals surface area contributed by atoms with Gasteiger partial charge in [-0.2, -0.15) is 5.10 Å². The van der Waals surface area contributed by atoms with Gasteiger partial charge in [-0.1, -0.05) is 31.5 Å². The number of hydrogen-bond acceptors (Lipinski definition) is 3. The summed E-state index contributed by atoms with van der Waals surface area (Å²) in [5, 5.41) is 10.2. The summed E-state index contributed by atoms with van der Waals surface area (Å²) in [4.78, 5) is 26.7. The molecule has 126 valence electrons. The molecule has 2 N–H and O–H groups in total. The predicted molar refractivity (Wildman–Crippen MR) is 92.4 cm³/mol. The third-order valence-electron chi connectivity index (χ3n) is 4.12. The second-order valence-electron chi connectivity index (χ2n) is 6.14. The summed E-state index contributed by atoms with van der Waals surface area (Å²) in [5.74, 6) is -0.255. The summed E-state index contributed by atoms with van der Waals surface area (Å²) < 4.78 is 0. The molecule has 1 saturated heterocycles. The minimum atomic E-state index is -0.536. The molecule has 6 nitrogen and oxygen atoms in total. The standard InChI is InChI=1S/C17H19ClN4O2/c1-10(2)15-13(9-19-21-15)16(23)20-14-6-7-22(17(14)24)12-5-3-4-11(18)8-12/h3-5,8-10,14H,6-7H2,1-2H3,(H,19,21)(H,20,23)/t14-/m0/s1. The van der Waals surface area contributed by atoms with Crippen molar-refractivity contribution in [3.63, 3.8) is 0 Å². The maximum absolute atomic E-state index is 12.6. The molecule has 1 aromatic heterocycles. The molecule has 2 aromatic rings. The van der Waals surface area contributed by atoms with Gasteiger partial charge in [0, 0.05) is 17.3 Å². The van der Waals surface area contributed by atoms with Crippen molar-refractivity contribution >= 4 is 29.1 Å². The molecule has 0 aliphatic carbocycles. The van der Waals surface area contributed by atoms with Crippen LogP contribution in [0.2, 0.25) is 5.02 Å². The SMILES string of the molecule is CC(C)c1[nH]ncc1C(=O)N[C@H]1CCN(c2cccc(Cl)c2)C1=O. The number of aromatic nitrogens is 2. The maximum Gasteiger partial charge on any atom is 0.255 e. The molecule has 0 unspecified atom stereocenters. The van der Waals surface area contributed by atoms with E-state index in [1.54, 1.807) is 23.1 Å². The predicted octanol–water partition coefficient (Wildman–Crippen LogP) is 2.72. The van der Waals surface area contributed by atoms with Gasteiger partial charge in [-0.3, -0.25) is 14.7 Å². The topological polar surface area (TPSA) is 78.1 Å². The largest absolute Gasteiger partial charge is 0.340 e. The number of rotatable bonds is 4. The molecule has 1 fully saturated rings. The van der Waals surface area contributed by atoms with E-state index in [1.807, 2.05) is 19.9 Å². The molecule has 1 atom stereocenters. The van der Waals surface area contributed by atoms with E-state index >= 15 is 0 Å². The van der Waals surface area contributed by atoms with Gasteiger partial charge in [-0.05, 0) is 30.5 Å². The first-order chi connectivity index (χ1) is 11.5. The first-order valence-corrected chi connectivity index (χ1v) is 8.26. The number of nitrogens with zero attached hydrogens (tertiary/aromatic N) is 2. The summed E-state index contributed by atoms with van der Waals surface area (Å²) in [6, 6.07) is 6.61. The van der Waals surface area contributed by atoms with Crippen molar-refractivity contribution in [2.75, 3.05) is 11.4 Å². The van der Waals surface area contributed by atoms with Crippen LogP contribution in [0.4, 0.5) is 5.69 Å². The van der Waals surface area contributed by atoms with E-state index in [0.29, 0.717) is 23.6 Å². The summed E-state index contributed by atoms with van der Waals surface area (Å²) >= 11 is 5.99. The van der Waals surface area contributed by atoms with Crippen molar-refractivity contribution in [3.05, 3.63) is 46.7 Å². The second kappa shape index (κ2) is 6.65. The summed E-state index contributed by atoms with van der Waals surface area (Å²) in [7, 11) is 0. The lowest BCUT2D eigenvalue weighted by molar-refractivity contribution is -0.118. The second-order valence-corrected chi connectivity index (χ2v) is 6.57. The molecule has 0 spiro atoms. The summed E-state index contributed by atoms with van der Waals surface area (Å²) in [5.41, 5.74) is 2.00. The maximum atomic E-state index is 12.6. The molecular formula is C17H19ClN4O2. The normalized spacial score (nSPS) is 17.6. The Labute approximate surface area is 145 Å². The molecule has 0 radical (unpaired) electrons. The minimum Gasteiger partial charge on any atom is -0.340 e. The molecular weight excluding hydrogens is 328 g/mol. The van der Waals surface area contributed by atoms with E-state index in [9.17, 15) is 9.59 Å². The van der Waals surface area contributed by atoms with Gasteiger partial charge in [0.2, 0.25) is 5.91 Å². The van der Waals surface area contributed by atoms with Gasteiger partial charge in [0.1, 0.15) is 6.04 Å². The average Bonchev–Trinajstić information content (AvgIpc) is 3.15. The molecule has 0 bridgehead atoms. The quantitative estimate of drug-likeness (QED) is 0.893. The smallest absolute Gasteiger partial charge is 0.255 e. The van der Waals surface area contributed by atoms with E-state index < -0.39 is 6.04 Å². The van der Waals surface area contributed by atoms with Crippen molar-refractivity contribution in [1.82, 2.24) is 15.5 Å². The van der Waals surface area contributed by atoms with Crippen LogP contribution in [0.25, 0.3) is 0 Å². The van der Waals surface area contributed by atoms with Crippen LogP contribution in [0.5, 0.6) is 0 Å². The van der Waals surface area contributed by atoms with Crippen LogP contribution in [-0.4, -0.2) is 34.6 Å². The van der Waals surface area contributed by atoms with Gasteiger partial charge in [-0.15, -0.1) is 0 Å². The molecule has 1 aliphatic rings. The van der Waals surface area contributed by atoms with Gasteiger partial charge in [0.05, 0.1) is 17.5 Å². The first kappa shape index (κ1) is 16.5. The highest BCUT2D eigenvalue weighted by molar-refractivity contribution is 6.31. The Hall–Kier alpha value is -2.34. The molecule has 2 amide bonds. The van der Waals surface area contributed by atoms with E-state index in [1.165, 1.54) is 6.20 Å². The lowest BCUT2D eigenvalue weighted by Crippen LogP contribution is -2.41. The Kier molecular flexibility index (Phi) is 4.57. The zero-order chi connectivity index (χ0) is 17.3. The molecule has 24 heavy (non-hydrogen) atoms. The van der Waals surface area contributed by atoms with Crippen molar-refractivity contribution in [3.8, 4) is 0 Å². The number of anilines is 1. The van der Waals surface area contributed by atoms with Crippen molar-refractivity contribution in [2.24, 2.45) is 0 Å². The number of benzene rings is 1. The number of hydrogen-bond donors (Lipinski definition) is 2. The number of amides is 2. The zero-order valence-corrected chi connectivity index (χ0v) is 14.3. The van der Waals surface area contributed by atoms with Crippen molar-refractivity contribution in [2.45, 2.75) is 32.2 Å². The number of halogens is 1. The van der Waals surface area contributed by atoms with E-state index in [4.69, 9.17) is 11.6 Å². The fraction of sp³-hybridized carbons (Fsp3) is 0.353. The van der Waals surface area contributed by atoms with Gasteiger partial charge < -0.3 is 10.2 Å². The first-order valence-electron chi connectivity index (χ1n) is 7.88. The number of nitrogens with one attached hydrogen (secondary N) is 2. The van der Waals surface area contributed by atoms with Crippen LogP contribution in [0.15, 0.2) is 30.5 Å².